The van der Waals surface area contributed by atoms with Gasteiger partial charge in [0.2, 0.25) is 11.8 Å². The smallest absolute Gasteiger partial charge is 0.227 e. The molecule has 4 heteroatoms. The molecule has 0 saturated carbocycles. The Kier molecular flexibility index (Phi) is 4.46. The van der Waals surface area contributed by atoms with Gasteiger partial charge in [0, 0.05) is 33.1 Å². The summed E-state index contributed by atoms with van der Waals surface area (Å²) in [5, 5.41) is 0. The molecule has 0 spiro atoms. The summed E-state index contributed by atoms with van der Waals surface area (Å²) < 4.78 is 0. The largest absolute Gasteiger partial charge is 0.341 e. The lowest BCUT2D eigenvalue weighted by Gasteiger charge is -2.21. The van der Waals surface area contributed by atoms with Crippen LogP contribution in [0.1, 0.15) is 36.5 Å². The van der Waals surface area contributed by atoms with Gasteiger partial charge in [-0.3, -0.25) is 9.59 Å². The van der Waals surface area contributed by atoms with Gasteiger partial charge in [-0.1, -0.05) is 18.2 Å². The van der Waals surface area contributed by atoms with Crippen LogP contribution in [0.3, 0.4) is 0 Å². The van der Waals surface area contributed by atoms with E-state index in [9.17, 15) is 9.59 Å². The third-order valence-corrected chi connectivity index (χ3v) is 4.81. The Hall–Kier alpha value is -1.84. The molecule has 22 heavy (non-hydrogen) atoms. The monoisotopic (exact) mass is 300 g/mol. The molecule has 1 heterocycles. The number of nitrogens with zero attached hydrogens (tertiary/aromatic N) is 2. The number of carbonyl (C=O) groups is 2. The van der Waals surface area contributed by atoms with E-state index in [1.165, 1.54) is 24.0 Å². The minimum Gasteiger partial charge on any atom is -0.341 e. The highest BCUT2D eigenvalue weighted by molar-refractivity contribution is 5.79. The molecule has 1 aliphatic carbocycles. The first-order valence-corrected chi connectivity index (χ1v) is 8.27. The molecule has 1 saturated heterocycles. The van der Waals surface area contributed by atoms with Crippen molar-refractivity contribution in [3.05, 3.63) is 34.9 Å². The molecule has 118 valence electrons. The molecular weight excluding hydrogens is 276 g/mol. The number of aryl methyl sites for hydroxylation is 2. The first kappa shape index (κ1) is 15.1. The van der Waals surface area contributed by atoms with Gasteiger partial charge in [-0.2, -0.15) is 0 Å². The normalized spacial score (nSPS) is 18.0. The second kappa shape index (κ2) is 6.51. The maximum atomic E-state index is 12.5. The van der Waals surface area contributed by atoms with Gasteiger partial charge in [0.05, 0.1) is 6.42 Å². The lowest BCUT2D eigenvalue weighted by molar-refractivity contribution is -0.132. The van der Waals surface area contributed by atoms with E-state index in [-0.39, 0.29) is 11.8 Å². The quantitative estimate of drug-likeness (QED) is 0.835. The maximum absolute atomic E-state index is 12.5. The predicted octanol–water partition coefficient (Wildman–Crippen LogP) is 1.80. The molecule has 1 fully saturated rings. The van der Waals surface area contributed by atoms with Crippen molar-refractivity contribution in [2.24, 2.45) is 0 Å². The van der Waals surface area contributed by atoms with Crippen LogP contribution in [0, 0.1) is 0 Å². The van der Waals surface area contributed by atoms with Crippen LogP contribution >= 0.6 is 0 Å². The molecule has 1 aliphatic heterocycles. The van der Waals surface area contributed by atoms with E-state index in [0.29, 0.717) is 19.5 Å². The molecule has 0 unspecified atom stereocenters. The topological polar surface area (TPSA) is 40.6 Å². The third-order valence-electron chi connectivity index (χ3n) is 4.81. The van der Waals surface area contributed by atoms with Gasteiger partial charge in [-0.25, -0.2) is 0 Å². The molecule has 0 N–H and O–H groups in total. The first-order valence-electron chi connectivity index (χ1n) is 8.27. The zero-order chi connectivity index (χ0) is 15.5. The lowest BCUT2D eigenvalue weighted by atomic mass is 10.0. The van der Waals surface area contributed by atoms with Crippen molar-refractivity contribution in [1.29, 1.82) is 0 Å². The van der Waals surface area contributed by atoms with Gasteiger partial charge in [0.25, 0.3) is 0 Å². The van der Waals surface area contributed by atoms with Crippen molar-refractivity contribution in [2.75, 3.05) is 26.2 Å². The predicted molar refractivity (Wildman–Crippen MR) is 85.6 cm³/mol. The zero-order valence-corrected chi connectivity index (χ0v) is 13.3. The van der Waals surface area contributed by atoms with E-state index in [0.717, 1.165) is 31.5 Å². The van der Waals surface area contributed by atoms with Crippen molar-refractivity contribution >= 4 is 11.8 Å². The Labute approximate surface area is 132 Å². The van der Waals surface area contributed by atoms with Gasteiger partial charge in [0.1, 0.15) is 0 Å². The van der Waals surface area contributed by atoms with Crippen LogP contribution in [0.2, 0.25) is 0 Å². The van der Waals surface area contributed by atoms with Crippen LogP contribution in [0.15, 0.2) is 18.2 Å². The number of hydrogen-bond acceptors (Lipinski definition) is 2. The minimum atomic E-state index is 0.105. The number of rotatable bonds is 2. The fourth-order valence-corrected chi connectivity index (χ4v) is 3.50. The number of benzene rings is 1. The minimum absolute atomic E-state index is 0.105. The summed E-state index contributed by atoms with van der Waals surface area (Å²) in [6.07, 6.45) is 4.91. The second-order valence-corrected chi connectivity index (χ2v) is 6.37. The summed E-state index contributed by atoms with van der Waals surface area (Å²) in [4.78, 5) is 27.7. The first-order chi connectivity index (χ1) is 10.6. The number of fused-ring (bicyclic) bond motifs is 1. The van der Waals surface area contributed by atoms with Gasteiger partial charge in [-0.05, 0) is 42.4 Å². The van der Waals surface area contributed by atoms with E-state index in [1.807, 2.05) is 9.80 Å². The third kappa shape index (κ3) is 3.32. The SMILES string of the molecule is CC(=O)N1CCCN(C(=O)Cc2ccc3c(c2)CCC3)CC1. The molecule has 1 aromatic rings. The average molecular weight is 300 g/mol. The Morgan fingerprint density at radius 1 is 0.955 bits per heavy atom. The average Bonchev–Trinajstić information content (AvgIpc) is 2.80. The summed E-state index contributed by atoms with van der Waals surface area (Å²) >= 11 is 0. The standard InChI is InChI=1S/C18H24N2O2/c1-14(21)19-8-3-9-20(11-10-19)18(22)13-15-6-7-16-4-2-5-17(16)12-15/h6-7,12H,2-5,8-11,13H2,1H3. The second-order valence-electron chi connectivity index (χ2n) is 6.37. The fraction of sp³-hybridized carbons (Fsp3) is 0.556. The number of amides is 2. The van der Waals surface area contributed by atoms with Crippen LogP contribution in [0.4, 0.5) is 0 Å². The van der Waals surface area contributed by atoms with Crippen molar-refractivity contribution < 1.29 is 9.59 Å². The van der Waals surface area contributed by atoms with Crippen molar-refractivity contribution in [3.63, 3.8) is 0 Å². The highest BCUT2D eigenvalue weighted by atomic mass is 16.2. The summed E-state index contributed by atoms with van der Waals surface area (Å²) in [5.41, 5.74) is 3.99. The van der Waals surface area contributed by atoms with E-state index in [4.69, 9.17) is 0 Å². The van der Waals surface area contributed by atoms with E-state index in [2.05, 4.69) is 18.2 Å². The molecule has 4 nitrogen and oxygen atoms in total. The number of hydrogen-bond donors (Lipinski definition) is 0. The Balaban J connectivity index is 1.61. The fourth-order valence-electron chi connectivity index (χ4n) is 3.50. The van der Waals surface area contributed by atoms with Gasteiger partial charge >= 0.3 is 0 Å². The molecule has 0 atom stereocenters. The maximum Gasteiger partial charge on any atom is 0.227 e. The molecule has 3 rings (SSSR count). The van der Waals surface area contributed by atoms with Crippen LogP contribution in [-0.4, -0.2) is 47.8 Å². The van der Waals surface area contributed by atoms with Crippen molar-refractivity contribution in [2.45, 2.75) is 39.0 Å². The van der Waals surface area contributed by atoms with Gasteiger partial charge < -0.3 is 9.80 Å². The molecule has 0 bridgehead atoms. The van der Waals surface area contributed by atoms with Crippen molar-refractivity contribution in [1.82, 2.24) is 9.80 Å². The molecular formula is C18H24N2O2. The van der Waals surface area contributed by atoms with E-state index >= 15 is 0 Å². The van der Waals surface area contributed by atoms with Crippen LogP contribution in [-0.2, 0) is 28.9 Å². The van der Waals surface area contributed by atoms with Gasteiger partial charge in [-0.15, -0.1) is 0 Å². The molecule has 0 radical (unpaired) electrons. The van der Waals surface area contributed by atoms with E-state index < -0.39 is 0 Å². The molecule has 1 aromatic carbocycles. The molecule has 0 aromatic heterocycles. The summed E-state index contributed by atoms with van der Waals surface area (Å²) in [7, 11) is 0. The summed E-state index contributed by atoms with van der Waals surface area (Å²) in [6.45, 7) is 4.43. The zero-order valence-electron chi connectivity index (χ0n) is 13.3. The highest BCUT2D eigenvalue weighted by Gasteiger charge is 2.21. The Morgan fingerprint density at radius 2 is 1.68 bits per heavy atom. The van der Waals surface area contributed by atoms with Crippen LogP contribution < -0.4 is 0 Å². The van der Waals surface area contributed by atoms with Gasteiger partial charge in [0.15, 0.2) is 0 Å². The number of carbonyl (C=O) groups excluding carboxylic acids is 2. The molecule has 2 amide bonds. The molecule has 2 aliphatic rings. The highest BCUT2D eigenvalue weighted by Crippen LogP contribution is 2.23. The van der Waals surface area contributed by atoms with Crippen LogP contribution in [0.5, 0.6) is 0 Å². The lowest BCUT2D eigenvalue weighted by Crippen LogP contribution is -2.37. The van der Waals surface area contributed by atoms with Crippen LogP contribution in [0.25, 0.3) is 0 Å². The van der Waals surface area contributed by atoms with Crippen molar-refractivity contribution in [3.8, 4) is 0 Å². The summed E-state index contributed by atoms with van der Waals surface area (Å²) in [5.74, 6) is 0.288. The Bertz CT molecular complexity index is 582. The van der Waals surface area contributed by atoms with E-state index in [1.54, 1.807) is 6.92 Å². The summed E-state index contributed by atoms with van der Waals surface area (Å²) in [6, 6.07) is 6.49. The Morgan fingerprint density at radius 3 is 2.50 bits per heavy atom.